The van der Waals surface area contributed by atoms with E-state index in [1.807, 2.05) is 30.3 Å². The average molecular weight is 257 g/mol. The van der Waals surface area contributed by atoms with Gasteiger partial charge in [0.15, 0.2) is 0 Å². The Morgan fingerprint density at radius 3 is 2.74 bits per heavy atom. The minimum atomic E-state index is -0.357. The third-order valence-corrected chi connectivity index (χ3v) is 2.94. The van der Waals surface area contributed by atoms with Gasteiger partial charge in [0.05, 0.1) is 19.0 Å². The number of carbonyl (C=O) groups is 2. The van der Waals surface area contributed by atoms with Gasteiger partial charge >= 0.3 is 5.97 Å². The molecule has 0 aliphatic rings. The topological polar surface area (TPSA) is 56.3 Å². The number of carbonyl (C=O) groups excluding carboxylic acids is 2. The van der Waals surface area contributed by atoms with Crippen LogP contribution in [0.5, 0.6) is 0 Å². The van der Waals surface area contributed by atoms with Crippen LogP contribution in [-0.4, -0.2) is 23.8 Å². The number of hydrogen-bond acceptors (Lipinski definition) is 4. The molecular formula is C15H15NO3. The van der Waals surface area contributed by atoms with Gasteiger partial charge in [-0.15, -0.1) is 0 Å². The van der Waals surface area contributed by atoms with Crippen molar-refractivity contribution in [1.82, 2.24) is 4.98 Å². The monoisotopic (exact) mass is 257 g/mol. The molecule has 4 heteroatoms. The first-order chi connectivity index (χ1) is 9.20. The van der Waals surface area contributed by atoms with Crippen LogP contribution in [0.1, 0.15) is 18.4 Å². The van der Waals surface area contributed by atoms with E-state index in [-0.39, 0.29) is 24.6 Å². The summed E-state index contributed by atoms with van der Waals surface area (Å²) >= 11 is 0. The SMILES string of the molecule is COC(=O)CCC(=O)Cc1cccc2cccnc12. The van der Waals surface area contributed by atoms with Crippen LogP contribution in [0, 0.1) is 0 Å². The highest BCUT2D eigenvalue weighted by Crippen LogP contribution is 2.17. The van der Waals surface area contributed by atoms with Gasteiger partial charge in [-0.25, -0.2) is 0 Å². The lowest BCUT2D eigenvalue weighted by molar-refractivity contribution is -0.141. The minimum Gasteiger partial charge on any atom is -0.469 e. The highest BCUT2D eigenvalue weighted by atomic mass is 16.5. The van der Waals surface area contributed by atoms with Gasteiger partial charge in [0, 0.05) is 24.4 Å². The Morgan fingerprint density at radius 1 is 1.16 bits per heavy atom. The van der Waals surface area contributed by atoms with Crippen molar-refractivity contribution < 1.29 is 14.3 Å². The molecule has 2 rings (SSSR count). The maximum absolute atomic E-state index is 11.8. The lowest BCUT2D eigenvalue weighted by Gasteiger charge is -2.04. The van der Waals surface area contributed by atoms with Gasteiger partial charge in [0.2, 0.25) is 0 Å². The molecule has 0 radical (unpaired) electrons. The molecule has 0 aliphatic carbocycles. The third kappa shape index (κ3) is 3.37. The molecule has 1 aromatic heterocycles. The van der Waals surface area contributed by atoms with E-state index in [9.17, 15) is 9.59 Å². The van der Waals surface area contributed by atoms with Crippen molar-refractivity contribution >= 4 is 22.7 Å². The molecule has 4 nitrogen and oxygen atoms in total. The van der Waals surface area contributed by atoms with Gasteiger partial charge in [-0.05, 0) is 11.6 Å². The highest BCUT2D eigenvalue weighted by molar-refractivity contribution is 5.89. The lowest BCUT2D eigenvalue weighted by atomic mass is 10.0. The number of pyridine rings is 1. The molecule has 0 N–H and O–H groups in total. The Morgan fingerprint density at radius 2 is 1.95 bits per heavy atom. The molecule has 0 amide bonds. The number of esters is 1. The van der Waals surface area contributed by atoms with E-state index in [4.69, 9.17) is 0 Å². The second-order valence-corrected chi connectivity index (χ2v) is 4.28. The number of hydrogen-bond donors (Lipinski definition) is 0. The Hall–Kier alpha value is -2.23. The van der Waals surface area contributed by atoms with Crippen molar-refractivity contribution in [3.8, 4) is 0 Å². The molecule has 1 aromatic carbocycles. The van der Waals surface area contributed by atoms with Crippen LogP contribution < -0.4 is 0 Å². The Bertz CT molecular complexity index is 602. The first-order valence-corrected chi connectivity index (χ1v) is 6.12. The van der Waals surface area contributed by atoms with E-state index in [1.165, 1.54) is 7.11 Å². The van der Waals surface area contributed by atoms with Crippen LogP contribution in [-0.2, 0) is 20.7 Å². The molecule has 0 aliphatic heterocycles. The van der Waals surface area contributed by atoms with Crippen molar-refractivity contribution in [2.24, 2.45) is 0 Å². The maximum atomic E-state index is 11.8. The van der Waals surface area contributed by atoms with Crippen molar-refractivity contribution in [2.45, 2.75) is 19.3 Å². The fourth-order valence-corrected chi connectivity index (χ4v) is 1.95. The van der Waals surface area contributed by atoms with Gasteiger partial charge < -0.3 is 4.74 Å². The second-order valence-electron chi connectivity index (χ2n) is 4.28. The quantitative estimate of drug-likeness (QED) is 0.771. The number of ketones is 1. The van der Waals surface area contributed by atoms with Crippen molar-refractivity contribution in [2.75, 3.05) is 7.11 Å². The highest BCUT2D eigenvalue weighted by Gasteiger charge is 2.10. The van der Waals surface area contributed by atoms with Gasteiger partial charge in [-0.3, -0.25) is 14.6 Å². The predicted octanol–water partition coefficient (Wildman–Crippen LogP) is 2.30. The van der Waals surface area contributed by atoms with Crippen molar-refractivity contribution in [1.29, 1.82) is 0 Å². The third-order valence-electron chi connectivity index (χ3n) is 2.94. The molecule has 0 saturated heterocycles. The van der Waals surface area contributed by atoms with Crippen molar-refractivity contribution in [3.05, 3.63) is 42.1 Å². The van der Waals surface area contributed by atoms with Gasteiger partial charge in [-0.1, -0.05) is 24.3 Å². The smallest absolute Gasteiger partial charge is 0.305 e. The molecule has 2 aromatic rings. The molecule has 0 saturated carbocycles. The summed E-state index contributed by atoms with van der Waals surface area (Å²) in [6.07, 6.45) is 2.35. The zero-order chi connectivity index (χ0) is 13.7. The van der Waals surface area contributed by atoms with Gasteiger partial charge in [-0.2, -0.15) is 0 Å². The van der Waals surface area contributed by atoms with Crippen LogP contribution in [0.2, 0.25) is 0 Å². The average Bonchev–Trinajstić information content (AvgIpc) is 2.45. The molecule has 0 unspecified atom stereocenters. The van der Waals surface area contributed by atoms with E-state index < -0.39 is 0 Å². The summed E-state index contributed by atoms with van der Waals surface area (Å²) in [7, 11) is 1.32. The number of methoxy groups -OCH3 is 1. The summed E-state index contributed by atoms with van der Waals surface area (Å²) in [6, 6.07) is 9.60. The van der Waals surface area contributed by atoms with Crippen LogP contribution >= 0.6 is 0 Å². The molecule has 1 heterocycles. The second kappa shape index (κ2) is 6.09. The molecule has 0 atom stereocenters. The van der Waals surface area contributed by atoms with E-state index >= 15 is 0 Å². The van der Waals surface area contributed by atoms with Crippen LogP contribution in [0.25, 0.3) is 10.9 Å². The molecule has 98 valence electrons. The lowest BCUT2D eigenvalue weighted by Crippen LogP contribution is -2.08. The first-order valence-electron chi connectivity index (χ1n) is 6.12. The number of ether oxygens (including phenoxy) is 1. The first kappa shape index (κ1) is 13.2. The number of para-hydroxylation sites is 1. The number of nitrogens with zero attached hydrogens (tertiary/aromatic N) is 1. The molecule has 19 heavy (non-hydrogen) atoms. The molecule has 0 fully saturated rings. The number of rotatable bonds is 5. The zero-order valence-electron chi connectivity index (χ0n) is 10.8. The summed E-state index contributed by atoms with van der Waals surface area (Å²) in [5.74, 6) is -0.340. The van der Waals surface area contributed by atoms with Crippen molar-refractivity contribution in [3.63, 3.8) is 0 Å². The fraction of sp³-hybridized carbons (Fsp3) is 0.267. The molecule has 0 bridgehead atoms. The van der Waals surface area contributed by atoms with Crippen LogP contribution in [0.4, 0.5) is 0 Å². The predicted molar refractivity (Wildman–Crippen MR) is 71.7 cm³/mol. The summed E-state index contributed by atoms with van der Waals surface area (Å²) in [5, 5.41) is 1.01. The van der Waals surface area contributed by atoms with E-state index in [0.717, 1.165) is 16.5 Å². The van der Waals surface area contributed by atoms with Gasteiger partial charge in [0.1, 0.15) is 5.78 Å². The van der Waals surface area contributed by atoms with Crippen LogP contribution in [0.15, 0.2) is 36.5 Å². The number of fused-ring (bicyclic) bond motifs is 1. The normalized spacial score (nSPS) is 10.4. The van der Waals surface area contributed by atoms with Crippen LogP contribution in [0.3, 0.4) is 0 Å². The Labute approximate surface area is 111 Å². The largest absolute Gasteiger partial charge is 0.469 e. The van der Waals surface area contributed by atoms with E-state index in [0.29, 0.717) is 6.42 Å². The summed E-state index contributed by atoms with van der Waals surface area (Å²) < 4.78 is 4.52. The minimum absolute atomic E-state index is 0.0172. The Balaban J connectivity index is 2.09. The molecular weight excluding hydrogens is 242 g/mol. The van der Waals surface area contributed by atoms with E-state index in [2.05, 4.69) is 9.72 Å². The summed E-state index contributed by atoms with van der Waals surface area (Å²) in [5.41, 5.74) is 1.74. The summed E-state index contributed by atoms with van der Waals surface area (Å²) in [4.78, 5) is 27.1. The van der Waals surface area contributed by atoms with Gasteiger partial charge in [0.25, 0.3) is 0 Å². The zero-order valence-corrected chi connectivity index (χ0v) is 10.8. The number of aromatic nitrogens is 1. The standard InChI is InChI=1S/C15H15NO3/c1-19-14(18)8-7-13(17)10-12-5-2-4-11-6-3-9-16-15(11)12/h2-6,9H,7-8,10H2,1H3. The Kier molecular flexibility index (Phi) is 4.23. The maximum Gasteiger partial charge on any atom is 0.305 e. The summed E-state index contributed by atoms with van der Waals surface area (Å²) in [6.45, 7) is 0. The number of Topliss-reactive ketones (excluding diaryl/α,β-unsaturated/α-hetero) is 1. The molecule has 0 spiro atoms. The van der Waals surface area contributed by atoms with E-state index in [1.54, 1.807) is 6.20 Å². The number of benzene rings is 1. The fourth-order valence-electron chi connectivity index (χ4n) is 1.95.